The van der Waals surface area contributed by atoms with Crippen LogP contribution in [0.5, 0.6) is 0 Å². The van der Waals surface area contributed by atoms with Crippen LogP contribution in [-0.2, 0) is 16.0 Å². The third-order valence-corrected chi connectivity index (χ3v) is 2.97. The zero-order chi connectivity index (χ0) is 15.0. The Balaban J connectivity index is 2.75. The molecule has 0 saturated heterocycles. The molecule has 1 rings (SSSR count). The first-order valence-corrected chi connectivity index (χ1v) is 6.71. The summed E-state index contributed by atoms with van der Waals surface area (Å²) in [5.74, 6) is 0. The van der Waals surface area contributed by atoms with Gasteiger partial charge < -0.3 is 20.1 Å². The quantitative estimate of drug-likeness (QED) is 0.670. The molecule has 0 radical (unpaired) electrons. The van der Waals surface area contributed by atoms with E-state index in [2.05, 4.69) is 5.10 Å². The van der Waals surface area contributed by atoms with Gasteiger partial charge in [-0.15, -0.1) is 0 Å². The lowest BCUT2D eigenvalue weighted by atomic mass is 10.3. The number of aromatic nitrogens is 2. The predicted octanol–water partition coefficient (Wildman–Crippen LogP) is -0.310. The van der Waals surface area contributed by atoms with Crippen LogP contribution in [0.15, 0.2) is 17.1 Å². The predicted molar refractivity (Wildman–Crippen MR) is 78.1 cm³/mol. The van der Waals surface area contributed by atoms with Crippen LogP contribution in [-0.4, -0.2) is 56.3 Å². The zero-order valence-electron chi connectivity index (χ0n) is 12.4. The fourth-order valence-corrected chi connectivity index (χ4v) is 1.75. The third kappa shape index (κ3) is 4.92. The maximum atomic E-state index is 12.0. The molecule has 1 unspecified atom stereocenters. The van der Waals surface area contributed by atoms with Crippen molar-refractivity contribution in [1.29, 1.82) is 0 Å². The van der Waals surface area contributed by atoms with E-state index >= 15 is 0 Å². The van der Waals surface area contributed by atoms with Crippen molar-refractivity contribution in [2.24, 2.45) is 5.73 Å². The van der Waals surface area contributed by atoms with Gasteiger partial charge in [0, 0.05) is 39.9 Å². The molecule has 1 aromatic rings. The number of ether oxygens (including phenoxy) is 2. The minimum Gasteiger partial charge on any atom is -0.383 e. The number of anilines is 1. The topological polar surface area (TPSA) is 82.6 Å². The molecule has 0 amide bonds. The van der Waals surface area contributed by atoms with Crippen LogP contribution in [0.4, 0.5) is 5.69 Å². The Morgan fingerprint density at radius 1 is 1.55 bits per heavy atom. The highest BCUT2D eigenvalue weighted by atomic mass is 16.5. The Labute approximate surface area is 119 Å². The van der Waals surface area contributed by atoms with Gasteiger partial charge in [-0.1, -0.05) is 0 Å². The molecule has 114 valence electrons. The van der Waals surface area contributed by atoms with E-state index < -0.39 is 0 Å². The molecular formula is C13H24N4O3. The van der Waals surface area contributed by atoms with Crippen LogP contribution in [0, 0.1) is 0 Å². The summed E-state index contributed by atoms with van der Waals surface area (Å²) >= 11 is 0. The summed E-state index contributed by atoms with van der Waals surface area (Å²) in [6.07, 6.45) is 1.47. The summed E-state index contributed by atoms with van der Waals surface area (Å²) in [5.41, 5.74) is 6.20. The van der Waals surface area contributed by atoms with E-state index in [4.69, 9.17) is 15.2 Å². The van der Waals surface area contributed by atoms with Crippen LogP contribution in [0.3, 0.4) is 0 Å². The molecule has 0 bridgehead atoms. The van der Waals surface area contributed by atoms with Gasteiger partial charge in [-0.3, -0.25) is 4.79 Å². The van der Waals surface area contributed by atoms with Gasteiger partial charge in [0.15, 0.2) is 0 Å². The van der Waals surface area contributed by atoms with Gasteiger partial charge >= 0.3 is 0 Å². The van der Waals surface area contributed by atoms with E-state index in [0.29, 0.717) is 32.8 Å². The molecule has 0 aromatic carbocycles. The van der Waals surface area contributed by atoms with E-state index in [9.17, 15) is 4.79 Å². The van der Waals surface area contributed by atoms with Gasteiger partial charge in [0.25, 0.3) is 5.56 Å². The first-order chi connectivity index (χ1) is 9.62. The Kier molecular flexibility index (Phi) is 7.21. The van der Waals surface area contributed by atoms with Gasteiger partial charge in [0.1, 0.15) is 0 Å². The monoisotopic (exact) mass is 284 g/mol. The average Bonchev–Trinajstić information content (AvgIpc) is 2.45. The number of hydrogen-bond acceptors (Lipinski definition) is 6. The molecular weight excluding hydrogens is 260 g/mol. The normalized spacial score (nSPS) is 12.4. The summed E-state index contributed by atoms with van der Waals surface area (Å²) in [7, 11) is 3.54. The summed E-state index contributed by atoms with van der Waals surface area (Å²) in [6.45, 7) is 4.48. The smallest absolute Gasteiger partial charge is 0.268 e. The molecule has 1 heterocycles. The van der Waals surface area contributed by atoms with Crippen LogP contribution in [0.2, 0.25) is 0 Å². The van der Waals surface area contributed by atoms with Crippen molar-refractivity contribution < 1.29 is 9.47 Å². The molecule has 0 spiro atoms. The minimum atomic E-state index is -0.192. The molecule has 0 saturated carbocycles. The molecule has 1 aromatic heterocycles. The highest BCUT2D eigenvalue weighted by Crippen LogP contribution is 2.06. The largest absolute Gasteiger partial charge is 0.383 e. The molecule has 0 fully saturated rings. The Hall–Kier alpha value is -1.44. The fraction of sp³-hybridized carbons (Fsp3) is 0.692. The maximum Gasteiger partial charge on any atom is 0.268 e. The van der Waals surface area contributed by atoms with Gasteiger partial charge in [-0.25, -0.2) is 4.68 Å². The van der Waals surface area contributed by atoms with E-state index in [-0.39, 0.29) is 11.7 Å². The molecule has 2 N–H and O–H groups in total. The second-order valence-corrected chi connectivity index (χ2v) is 4.46. The highest BCUT2D eigenvalue weighted by molar-refractivity contribution is 5.41. The standard InChI is InChI=1S/C13H24N4O3/c1-4-20-12(8-14)10-17-13(18)7-11(9-15-17)16(2)5-6-19-3/h7,9,12H,4-6,8,10,14H2,1-3H3. The lowest BCUT2D eigenvalue weighted by Crippen LogP contribution is -2.35. The number of nitrogens with two attached hydrogens (primary N) is 1. The molecule has 20 heavy (non-hydrogen) atoms. The molecule has 1 atom stereocenters. The fourth-order valence-electron chi connectivity index (χ4n) is 1.75. The second-order valence-electron chi connectivity index (χ2n) is 4.46. The third-order valence-electron chi connectivity index (χ3n) is 2.97. The van der Waals surface area contributed by atoms with Gasteiger partial charge in [-0.05, 0) is 6.92 Å². The Morgan fingerprint density at radius 2 is 2.30 bits per heavy atom. The highest BCUT2D eigenvalue weighted by Gasteiger charge is 2.10. The van der Waals surface area contributed by atoms with Crippen LogP contribution in [0.1, 0.15) is 6.92 Å². The van der Waals surface area contributed by atoms with E-state index in [1.165, 1.54) is 4.68 Å². The lowest BCUT2D eigenvalue weighted by Gasteiger charge is -2.19. The number of hydrogen-bond donors (Lipinski definition) is 1. The number of nitrogens with zero attached hydrogens (tertiary/aromatic N) is 3. The SMILES string of the molecule is CCOC(CN)Cn1ncc(N(C)CCOC)cc1=O. The number of methoxy groups -OCH3 is 1. The zero-order valence-corrected chi connectivity index (χ0v) is 12.4. The van der Waals surface area contributed by atoms with Crippen LogP contribution >= 0.6 is 0 Å². The molecule has 0 aliphatic carbocycles. The molecule has 0 aliphatic heterocycles. The van der Waals surface area contributed by atoms with Crippen molar-refractivity contribution in [3.8, 4) is 0 Å². The van der Waals surface area contributed by atoms with E-state index in [1.807, 2.05) is 18.9 Å². The van der Waals surface area contributed by atoms with Gasteiger partial charge in [0.2, 0.25) is 0 Å². The maximum absolute atomic E-state index is 12.0. The average molecular weight is 284 g/mol. The van der Waals surface area contributed by atoms with Gasteiger partial charge in [0.05, 0.1) is 31.1 Å². The van der Waals surface area contributed by atoms with Gasteiger partial charge in [-0.2, -0.15) is 5.10 Å². The second kappa shape index (κ2) is 8.68. The summed E-state index contributed by atoms with van der Waals surface area (Å²) in [6, 6.07) is 1.56. The van der Waals surface area contributed by atoms with E-state index in [1.54, 1.807) is 19.4 Å². The molecule has 7 heteroatoms. The van der Waals surface area contributed by atoms with Crippen molar-refractivity contribution in [2.75, 3.05) is 45.4 Å². The Bertz CT molecular complexity index is 449. The summed E-state index contributed by atoms with van der Waals surface area (Å²) in [4.78, 5) is 13.9. The van der Waals surface area contributed by atoms with E-state index in [0.717, 1.165) is 5.69 Å². The van der Waals surface area contributed by atoms with Crippen LogP contribution < -0.4 is 16.2 Å². The van der Waals surface area contributed by atoms with Crippen molar-refractivity contribution >= 4 is 5.69 Å². The first kappa shape index (κ1) is 16.6. The van der Waals surface area contributed by atoms with Crippen molar-refractivity contribution in [3.05, 3.63) is 22.6 Å². The summed E-state index contributed by atoms with van der Waals surface area (Å²) < 4.78 is 11.8. The first-order valence-electron chi connectivity index (χ1n) is 6.71. The summed E-state index contributed by atoms with van der Waals surface area (Å²) in [5, 5.41) is 4.16. The Morgan fingerprint density at radius 3 is 2.85 bits per heavy atom. The number of likely N-dealkylation sites (N-methyl/N-ethyl adjacent to an activating group) is 1. The number of rotatable bonds is 9. The van der Waals surface area contributed by atoms with Crippen molar-refractivity contribution in [3.63, 3.8) is 0 Å². The molecule has 7 nitrogen and oxygen atoms in total. The van der Waals surface area contributed by atoms with Crippen molar-refractivity contribution in [1.82, 2.24) is 9.78 Å². The molecule has 0 aliphatic rings. The van der Waals surface area contributed by atoms with Crippen LogP contribution in [0.25, 0.3) is 0 Å². The van der Waals surface area contributed by atoms with Crippen molar-refractivity contribution in [2.45, 2.75) is 19.6 Å². The lowest BCUT2D eigenvalue weighted by molar-refractivity contribution is 0.0531. The minimum absolute atomic E-state index is 0.162.